The average Bonchev–Trinajstić information content (AvgIpc) is 2.81. The number of aromatic hydroxyl groups is 1. The number of carbonyl (C=O) groups excluding carboxylic acids is 1. The fourth-order valence-electron chi connectivity index (χ4n) is 1.97. The van der Waals surface area contributed by atoms with Gasteiger partial charge in [0.1, 0.15) is 11.4 Å². The highest BCUT2D eigenvalue weighted by atomic mass is 16.5. The van der Waals surface area contributed by atoms with Gasteiger partial charge in [-0.05, 0) is 30.7 Å². The number of aromatic nitrogens is 1. The van der Waals surface area contributed by atoms with Crippen LogP contribution in [0.15, 0.2) is 36.5 Å². The fourth-order valence-corrected chi connectivity index (χ4v) is 1.97. The number of benzene rings is 1. The third-order valence-corrected chi connectivity index (χ3v) is 2.84. The molecule has 0 saturated heterocycles. The van der Waals surface area contributed by atoms with Crippen LogP contribution in [0, 0.1) is 0 Å². The van der Waals surface area contributed by atoms with Crippen molar-refractivity contribution in [1.82, 2.24) is 4.57 Å². The number of aryl methyl sites for hydroxylation is 1. The maximum Gasteiger partial charge on any atom is 0.355 e. The summed E-state index contributed by atoms with van der Waals surface area (Å²) in [4.78, 5) is 11.8. The van der Waals surface area contributed by atoms with Gasteiger partial charge in [-0.15, -0.1) is 0 Å². The molecule has 0 aliphatic carbocycles. The summed E-state index contributed by atoms with van der Waals surface area (Å²) in [5, 5.41) is 9.50. The van der Waals surface area contributed by atoms with Crippen molar-refractivity contribution in [2.75, 3.05) is 7.11 Å². The molecule has 1 N–H and O–H groups in total. The van der Waals surface area contributed by atoms with Crippen LogP contribution in [0.4, 0.5) is 0 Å². The van der Waals surface area contributed by atoms with Crippen LogP contribution in [0.1, 0.15) is 17.4 Å². The third-order valence-electron chi connectivity index (χ3n) is 2.84. The minimum absolute atomic E-state index is 0.174. The van der Waals surface area contributed by atoms with Gasteiger partial charge in [0.15, 0.2) is 0 Å². The van der Waals surface area contributed by atoms with Crippen molar-refractivity contribution in [1.29, 1.82) is 0 Å². The van der Waals surface area contributed by atoms with Crippen LogP contribution in [0.25, 0.3) is 11.1 Å². The highest BCUT2D eigenvalue weighted by molar-refractivity contribution is 5.96. The molecule has 0 atom stereocenters. The lowest BCUT2D eigenvalue weighted by atomic mass is 10.1. The molecule has 1 aromatic carbocycles. The number of nitrogens with zero attached hydrogens (tertiary/aromatic N) is 1. The zero-order valence-corrected chi connectivity index (χ0v) is 10.4. The van der Waals surface area contributed by atoms with Gasteiger partial charge >= 0.3 is 5.97 Å². The number of hydrogen-bond donors (Lipinski definition) is 1. The van der Waals surface area contributed by atoms with Crippen molar-refractivity contribution in [3.05, 3.63) is 42.2 Å². The zero-order chi connectivity index (χ0) is 13.1. The predicted molar refractivity (Wildman–Crippen MR) is 68.5 cm³/mol. The van der Waals surface area contributed by atoms with Crippen LogP contribution in [0.3, 0.4) is 0 Å². The van der Waals surface area contributed by atoms with E-state index in [9.17, 15) is 9.90 Å². The first-order valence-electron chi connectivity index (χ1n) is 5.74. The fraction of sp³-hybridized carbons (Fsp3) is 0.214. The Hall–Kier alpha value is -2.23. The number of esters is 1. The second-order valence-corrected chi connectivity index (χ2v) is 3.91. The predicted octanol–water partition coefficient (Wildman–Crippen LogP) is 2.67. The first-order chi connectivity index (χ1) is 8.67. The smallest absolute Gasteiger partial charge is 0.355 e. The van der Waals surface area contributed by atoms with E-state index in [4.69, 9.17) is 4.74 Å². The monoisotopic (exact) mass is 245 g/mol. The maximum atomic E-state index is 11.8. The van der Waals surface area contributed by atoms with Crippen LogP contribution in [0.5, 0.6) is 5.75 Å². The Morgan fingerprint density at radius 2 is 2.17 bits per heavy atom. The Labute approximate surface area is 105 Å². The molecule has 4 heteroatoms. The van der Waals surface area contributed by atoms with E-state index in [1.807, 2.05) is 29.8 Å². The topological polar surface area (TPSA) is 51.5 Å². The van der Waals surface area contributed by atoms with Crippen molar-refractivity contribution in [2.24, 2.45) is 0 Å². The molecule has 0 aliphatic rings. The van der Waals surface area contributed by atoms with E-state index < -0.39 is 0 Å². The number of methoxy groups -OCH3 is 1. The number of phenols is 1. The van der Waals surface area contributed by atoms with Gasteiger partial charge in [0.2, 0.25) is 0 Å². The normalized spacial score (nSPS) is 10.3. The van der Waals surface area contributed by atoms with Gasteiger partial charge in [-0.2, -0.15) is 0 Å². The van der Waals surface area contributed by atoms with E-state index in [2.05, 4.69) is 0 Å². The van der Waals surface area contributed by atoms with E-state index in [-0.39, 0.29) is 11.7 Å². The summed E-state index contributed by atoms with van der Waals surface area (Å²) < 4.78 is 6.63. The molecule has 1 heterocycles. The second kappa shape index (κ2) is 4.96. The minimum atomic E-state index is -0.375. The van der Waals surface area contributed by atoms with Crippen molar-refractivity contribution < 1.29 is 14.6 Å². The highest BCUT2D eigenvalue weighted by Gasteiger charge is 2.18. The van der Waals surface area contributed by atoms with Gasteiger partial charge in [-0.3, -0.25) is 0 Å². The molecule has 0 radical (unpaired) electrons. The third kappa shape index (κ3) is 2.09. The van der Waals surface area contributed by atoms with E-state index >= 15 is 0 Å². The molecule has 4 nitrogen and oxygen atoms in total. The minimum Gasteiger partial charge on any atom is -0.508 e. The summed E-state index contributed by atoms with van der Waals surface area (Å²) in [5.41, 5.74) is 2.06. The molecule has 0 amide bonds. The largest absolute Gasteiger partial charge is 0.508 e. The lowest BCUT2D eigenvalue weighted by Gasteiger charge is -2.08. The van der Waals surface area contributed by atoms with Crippen LogP contribution in [-0.2, 0) is 11.3 Å². The lowest BCUT2D eigenvalue weighted by Crippen LogP contribution is -2.10. The maximum absolute atomic E-state index is 11.8. The lowest BCUT2D eigenvalue weighted by molar-refractivity contribution is 0.0589. The molecule has 1 aromatic heterocycles. The van der Waals surface area contributed by atoms with Crippen molar-refractivity contribution >= 4 is 5.97 Å². The molecule has 0 aliphatic heterocycles. The van der Waals surface area contributed by atoms with E-state index in [1.165, 1.54) is 7.11 Å². The van der Waals surface area contributed by atoms with Crippen LogP contribution < -0.4 is 0 Å². The Morgan fingerprint density at radius 1 is 1.39 bits per heavy atom. The number of hydrogen-bond acceptors (Lipinski definition) is 3. The molecule has 0 fully saturated rings. The summed E-state index contributed by atoms with van der Waals surface area (Å²) in [6.07, 6.45) is 1.84. The number of carbonyl (C=O) groups is 1. The summed E-state index contributed by atoms with van der Waals surface area (Å²) in [6.45, 7) is 2.64. The standard InChI is InChI=1S/C14H15NO3/c1-3-15-8-7-12(13(15)14(17)18-2)10-5-4-6-11(16)9-10/h4-9,16H,3H2,1-2H3. The van der Waals surface area contributed by atoms with Crippen molar-refractivity contribution in [3.63, 3.8) is 0 Å². The van der Waals surface area contributed by atoms with Gasteiger partial charge in [0.05, 0.1) is 7.11 Å². The Balaban J connectivity index is 2.57. The summed E-state index contributed by atoms with van der Waals surface area (Å²) in [5.74, 6) is -0.201. The molecule has 2 aromatic rings. The first-order valence-corrected chi connectivity index (χ1v) is 5.74. The molecule has 18 heavy (non-hydrogen) atoms. The SMILES string of the molecule is CCn1ccc(-c2cccc(O)c2)c1C(=O)OC. The quantitative estimate of drug-likeness (QED) is 0.846. The van der Waals surface area contributed by atoms with Gasteiger partial charge in [-0.25, -0.2) is 4.79 Å². The summed E-state index contributed by atoms with van der Waals surface area (Å²) >= 11 is 0. The van der Waals surface area contributed by atoms with E-state index in [0.717, 1.165) is 11.1 Å². The summed E-state index contributed by atoms with van der Waals surface area (Å²) in [7, 11) is 1.36. The van der Waals surface area contributed by atoms with Gasteiger partial charge in [-0.1, -0.05) is 12.1 Å². The van der Waals surface area contributed by atoms with E-state index in [1.54, 1.807) is 18.2 Å². The second-order valence-electron chi connectivity index (χ2n) is 3.91. The van der Waals surface area contributed by atoms with Crippen LogP contribution >= 0.6 is 0 Å². The molecule has 0 saturated carbocycles. The Kier molecular flexibility index (Phi) is 3.37. The van der Waals surface area contributed by atoms with Gasteiger partial charge < -0.3 is 14.4 Å². The molecule has 0 bridgehead atoms. The summed E-state index contributed by atoms with van der Waals surface area (Å²) in [6, 6.07) is 8.67. The zero-order valence-electron chi connectivity index (χ0n) is 10.4. The molecule has 2 rings (SSSR count). The number of ether oxygens (including phenoxy) is 1. The Bertz CT molecular complexity index is 572. The van der Waals surface area contributed by atoms with Gasteiger partial charge in [0, 0.05) is 18.3 Å². The molecule has 0 unspecified atom stereocenters. The Morgan fingerprint density at radius 3 is 2.78 bits per heavy atom. The average molecular weight is 245 g/mol. The van der Waals surface area contributed by atoms with Crippen LogP contribution in [0.2, 0.25) is 0 Å². The van der Waals surface area contributed by atoms with Gasteiger partial charge in [0.25, 0.3) is 0 Å². The van der Waals surface area contributed by atoms with Crippen molar-refractivity contribution in [2.45, 2.75) is 13.5 Å². The molecule has 0 spiro atoms. The highest BCUT2D eigenvalue weighted by Crippen LogP contribution is 2.28. The van der Waals surface area contributed by atoms with Crippen LogP contribution in [-0.4, -0.2) is 22.8 Å². The number of phenolic OH excluding ortho intramolecular Hbond substituents is 1. The van der Waals surface area contributed by atoms with Crippen molar-refractivity contribution in [3.8, 4) is 16.9 Å². The molecule has 94 valence electrons. The molecular formula is C14H15NO3. The number of rotatable bonds is 3. The van der Waals surface area contributed by atoms with E-state index in [0.29, 0.717) is 12.2 Å². The molecular weight excluding hydrogens is 230 g/mol. The first kappa shape index (κ1) is 12.2.